The highest BCUT2D eigenvalue weighted by molar-refractivity contribution is 7.01. The Labute approximate surface area is 755 Å². The van der Waals surface area contributed by atoms with Crippen LogP contribution in [0.1, 0.15) is 22.3 Å². The van der Waals surface area contributed by atoms with Crippen molar-refractivity contribution in [3.8, 4) is 45.0 Å². The number of rotatable bonds is 10. The molecule has 4 aliphatic heterocycles. The smallest absolute Gasteiger partial charge is 0.252 e. The predicted octanol–water partition coefficient (Wildman–Crippen LogP) is 26.6. The molecule has 0 fully saturated rings. The Morgan fingerprint density at radius 2 is 0.496 bits per heavy atom. The molecule has 0 saturated carbocycles. The second kappa shape index (κ2) is 26.5. The highest BCUT2D eigenvalue weighted by atomic mass is 15.2. The van der Waals surface area contributed by atoms with Crippen molar-refractivity contribution in [2.24, 2.45) is 0 Å². The standard InChI is InChI=1S/C121H74B2N8/c1-7-33-75(34-8-1)124(76-35-9-2-10-36-76)83-67-113-117-115(69-83)130-109-63-61-81(128-105-57-27-21-47-87(105)88-48-22-28-58-106(88)128)65-95(109)91-51-31-55-101(119(91)130)122(117)103-71-93-85-45-19-25-53-97(85)121(99(93)73-111(103)126(113)79-41-15-5-16-42-79)98-54-26-20-46-86(98)94-72-104-112(74-100(94)121)127(80-43-17-6-18-44-80)114-68-84(125(77-37-11-3-12-38-77)78-39-13-4-14-40-78)70-116-118(114)123(104)102-56-32-52-92-96-66-82(62-64-110(96)131(116)120(92)102)129-107-59-29-23-49-89(107)90-50-24-30-60-108(90)129/h1-74H. The summed E-state index contributed by atoms with van der Waals surface area (Å²) >= 11 is 0. The second-order valence-corrected chi connectivity index (χ2v) is 36.1. The molecular formula is C121H74B2N8. The molecule has 20 aromatic carbocycles. The van der Waals surface area contributed by atoms with Crippen molar-refractivity contribution in [1.29, 1.82) is 0 Å². The van der Waals surface area contributed by atoms with E-state index in [-0.39, 0.29) is 13.4 Å². The number of hydrogen-bond acceptors (Lipinski definition) is 4. The minimum Gasteiger partial charge on any atom is -0.311 e. The monoisotopic (exact) mass is 1660 g/mol. The van der Waals surface area contributed by atoms with E-state index in [4.69, 9.17) is 0 Å². The second-order valence-electron chi connectivity index (χ2n) is 36.1. The van der Waals surface area contributed by atoms with Gasteiger partial charge in [0.05, 0.1) is 49.9 Å². The third-order valence-corrected chi connectivity index (χ3v) is 29.8. The van der Waals surface area contributed by atoms with Crippen LogP contribution in [0.4, 0.5) is 68.2 Å². The summed E-state index contributed by atoms with van der Waals surface area (Å²) in [5.74, 6) is 0. The van der Waals surface area contributed by atoms with Crippen LogP contribution in [0, 0.1) is 0 Å². The molecule has 8 heterocycles. The van der Waals surface area contributed by atoms with E-state index in [1.807, 2.05) is 0 Å². The average molecular weight is 1660 g/mol. The van der Waals surface area contributed by atoms with Gasteiger partial charge in [-0.3, -0.25) is 0 Å². The van der Waals surface area contributed by atoms with Crippen LogP contribution in [-0.4, -0.2) is 31.7 Å². The molecular weight excluding hydrogens is 1590 g/mol. The number of nitrogens with zero attached hydrogens (tertiary/aromatic N) is 8. The normalized spacial score (nSPS) is 13.5. The van der Waals surface area contributed by atoms with Gasteiger partial charge >= 0.3 is 0 Å². The third kappa shape index (κ3) is 9.48. The van der Waals surface area contributed by atoms with Crippen LogP contribution < -0.4 is 52.4 Å². The van der Waals surface area contributed by atoms with E-state index in [1.54, 1.807) is 0 Å². The maximum absolute atomic E-state index is 2.69. The van der Waals surface area contributed by atoms with Gasteiger partial charge < -0.3 is 37.9 Å². The van der Waals surface area contributed by atoms with E-state index in [2.05, 4.69) is 487 Å². The van der Waals surface area contributed by atoms with Crippen LogP contribution in [0.25, 0.3) is 132 Å². The van der Waals surface area contributed by atoms with Gasteiger partial charge in [-0.2, -0.15) is 0 Å². The summed E-state index contributed by atoms with van der Waals surface area (Å²) in [6, 6.07) is 171. The average Bonchev–Trinajstić information content (AvgIpc) is 1.45. The lowest BCUT2D eigenvalue weighted by molar-refractivity contribution is 0.794. The molecule has 0 N–H and O–H groups in total. The van der Waals surface area contributed by atoms with Gasteiger partial charge in [-0.05, 0) is 247 Å². The molecule has 30 rings (SSSR count). The zero-order valence-corrected chi connectivity index (χ0v) is 71.0. The van der Waals surface area contributed by atoms with Crippen molar-refractivity contribution in [3.63, 3.8) is 0 Å². The third-order valence-electron chi connectivity index (χ3n) is 29.8. The molecule has 2 aliphatic carbocycles. The summed E-state index contributed by atoms with van der Waals surface area (Å²) in [6.45, 7) is -0.413. The van der Waals surface area contributed by atoms with E-state index in [9.17, 15) is 0 Å². The van der Waals surface area contributed by atoms with Gasteiger partial charge in [-0.1, -0.05) is 279 Å². The van der Waals surface area contributed by atoms with Crippen LogP contribution in [0.2, 0.25) is 0 Å². The first-order valence-corrected chi connectivity index (χ1v) is 45.6. The quantitative estimate of drug-likeness (QED) is 0.128. The Morgan fingerprint density at radius 3 is 0.870 bits per heavy atom. The Balaban J connectivity index is 0.689. The first-order valence-electron chi connectivity index (χ1n) is 45.6. The van der Waals surface area contributed by atoms with E-state index < -0.39 is 5.41 Å². The van der Waals surface area contributed by atoms with Gasteiger partial charge in [-0.25, -0.2) is 0 Å². The highest BCUT2D eigenvalue weighted by Crippen LogP contribution is 2.65. The van der Waals surface area contributed by atoms with Gasteiger partial charge in [0, 0.05) is 134 Å². The van der Waals surface area contributed by atoms with E-state index >= 15 is 0 Å². The van der Waals surface area contributed by atoms with Crippen molar-refractivity contribution >= 4 is 202 Å². The summed E-state index contributed by atoms with van der Waals surface area (Å²) in [5, 5.41) is 9.84. The minimum absolute atomic E-state index is 0.206. The van der Waals surface area contributed by atoms with Crippen molar-refractivity contribution in [2.75, 3.05) is 19.6 Å². The van der Waals surface area contributed by atoms with Crippen molar-refractivity contribution < 1.29 is 0 Å². The molecule has 604 valence electrons. The van der Waals surface area contributed by atoms with Gasteiger partial charge in [0.1, 0.15) is 0 Å². The molecule has 8 nitrogen and oxygen atoms in total. The maximum Gasteiger partial charge on any atom is 0.252 e. The number of anilines is 12. The molecule has 0 atom stereocenters. The lowest BCUT2D eigenvalue weighted by Gasteiger charge is -2.43. The lowest BCUT2D eigenvalue weighted by atomic mass is 9.33. The molecule has 0 bridgehead atoms. The van der Waals surface area contributed by atoms with Crippen LogP contribution in [0.3, 0.4) is 0 Å². The predicted molar refractivity (Wildman–Crippen MR) is 548 cm³/mol. The van der Waals surface area contributed by atoms with Crippen molar-refractivity contribution in [2.45, 2.75) is 5.41 Å². The molecule has 1 spiro atoms. The molecule has 10 heteroatoms. The summed E-state index contributed by atoms with van der Waals surface area (Å²) in [4.78, 5) is 10.2. The molecule has 0 amide bonds. The Kier molecular flexibility index (Phi) is 14.4. The van der Waals surface area contributed by atoms with Crippen LogP contribution in [0.5, 0.6) is 0 Å². The molecule has 0 radical (unpaired) electrons. The fraction of sp³-hybridized carbons (Fsp3) is 0.00826. The van der Waals surface area contributed by atoms with Crippen LogP contribution >= 0.6 is 0 Å². The number of fused-ring (bicyclic) bond motifs is 30. The Hall–Kier alpha value is -17.1. The van der Waals surface area contributed by atoms with Gasteiger partial charge in [0.2, 0.25) is 0 Å². The Bertz CT molecular complexity index is 8380. The summed E-state index contributed by atoms with van der Waals surface area (Å²) in [6.07, 6.45) is 0. The van der Waals surface area contributed by atoms with Gasteiger partial charge in [0.15, 0.2) is 0 Å². The fourth-order valence-corrected chi connectivity index (χ4v) is 24.8. The summed E-state index contributed by atoms with van der Waals surface area (Å²) < 4.78 is 10.2. The SMILES string of the molecule is c1ccc(N(c2ccccc2)c2cc3c4c(c2)-n2c5ccc(-n6c7ccccc7c7ccccc76)cc5c5cccc(c52)B4c2cc4c(cc2N3c2ccccc2)C2(c3ccccc3-4)c3ccccc3-c3cc4c(cc32)N(c2ccccc2)c2cc(N(c3ccccc3)c3ccccc3)cc3c2B4c2cccc4c5cc(-n6c7ccccc7c7ccccc76)ccc5n-3c24)cc1. The number of aromatic nitrogens is 4. The maximum atomic E-state index is 2.69. The first-order chi connectivity index (χ1) is 65.1. The molecule has 6 aliphatic rings. The topological polar surface area (TPSA) is 32.7 Å². The zero-order chi connectivity index (χ0) is 85.2. The van der Waals surface area contributed by atoms with Crippen LogP contribution in [0.15, 0.2) is 449 Å². The van der Waals surface area contributed by atoms with Gasteiger partial charge in [-0.15, -0.1) is 0 Å². The van der Waals surface area contributed by atoms with E-state index in [0.717, 1.165) is 102 Å². The summed E-state index contributed by atoms with van der Waals surface area (Å²) in [5.41, 5.74) is 44.1. The fourth-order valence-electron chi connectivity index (χ4n) is 24.8. The molecule has 0 saturated heterocycles. The molecule has 24 aromatic rings. The zero-order valence-electron chi connectivity index (χ0n) is 71.0. The molecule has 4 aromatic heterocycles. The molecule has 131 heavy (non-hydrogen) atoms. The molecule has 0 unspecified atom stereocenters. The number of hydrogen-bond donors (Lipinski definition) is 0. The lowest BCUT2D eigenvalue weighted by Crippen LogP contribution is -2.60. The first kappa shape index (κ1) is 71.1. The van der Waals surface area contributed by atoms with E-state index in [1.165, 1.54) is 153 Å². The summed E-state index contributed by atoms with van der Waals surface area (Å²) in [7, 11) is 0. The van der Waals surface area contributed by atoms with Crippen LogP contribution in [-0.2, 0) is 5.41 Å². The van der Waals surface area contributed by atoms with Crippen molar-refractivity contribution in [3.05, 3.63) is 471 Å². The van der Waals surface area contributed by atoms with Gasteiger partial charge in [0.25, 0.3) is 13.4 Å². The largest absolute Gasteiger partial charge is 0.311 e. The highest BCUT2D eigenvalue weighted by Gasteiger charge is 2.56. The number of benzene rings is 20. The number of para-hydroxylation sites is 12. The van der Waals surface area contributed by atoms with E-state index in [0.29, 0.717) is 0 Å². The van der Waals surface area contributed by atoms with Crippen molar-refractivity contribution in [1.82, 2.24) is 18.3 Å². The Morgan fingerprint density at radius 1 is 0.183 bits per heavy atom. The minimum atomic E-state index is -0.831.